The van der Waals surface area contributed by atoms with Crippen molar-refractivity contribution in [2.75, 3.05) is 18.1 Å². The van der Waals surface area contributed by atoms with E-state index in [4.69, 9.17) is 22.2 Å². The average Bonchev–Trinajstić information content (AvgIpc) is 2.90. The van der Waals surface area contributed by atoms with Gasteiger partial charge in [0.25, 0.3) is 0 Å². The number of thioether (sulfide) groups is 1. The number of nitrogens with one attached hydrogen (secondary N) is 1. The Morgan fingerprint density at radius 1 is 1.55 bits per heavy atom. The predicted molar refractivity (Wildman–Crippen MR) is 82.7 cm³/mol. The summed E-state index contributed by atoms with van der Waals surface area (Å²) in [5.41, 5.74) is 3.97. The van der Waals surface area contributed by atoms with Crippen molar-refractivity contribution in [1.82, 2.24) is 10.4 Å². The second-order valence-corrected chi connectivity index (χ2v) is 7.17. The first-order chi connectivity index (χ1) is 9.72. The van der Waals surface area contributed by atoms with Crippen molar-refractivity contribution in [3.63, 3.8) is 0 Å². The number of aromatic nitrogens is 1. The van der Waals surface area contributed by atoms with E-state index in [2.05, 4.69) is 10.4 Å². The molecular weight excluding hydrogens is 294 g/mol. The van der Waals surface area contributed by atoms with E-state index in [-0.39, 0.29) is 11.6 Å². The summed E-state index contributed by atoms with van der Waals surface area (Å²) in [5, 5.41) is 0.653. The van der Waals surface area contributed by atoms with Gasteiger partial charge in [-0.15, -0.1) is 0 Å². The summed E-state index contributed by atoms with van der Waals surface area (Å²) in [6.07, 6.45) is 4.91. The number of hydrogen-bond donors (Lipinski definition) is 2. The van der Waals surface area contributed by atoms with Crippen LogP contribution in [0.2, 0.25) is 5.02 Å². The zero-order valence-electron chi connectivity index (χ0n) is 11.3. The highest BCUT2D eigenvalue weighted by atomic mass is 35.5. The van der Waals surface area contributed by atoms with E-state index >= 15 is 0 Å². The quantitative estimate of drug-likeness (QED) is 0.663. The van der Waals surface area contributed by atoms with Crippen molar-refractivity contribution in [2.24, 2.45) is 11.8 Å². The number of ether oxygens (including phenoxy) is 1. The van der Waals surface area contributed by atoms with E-state index in [9.17, 15) is 0 Å². The summed E-state index contributed by atoms with van der Waals surface area (Å²) in [5.74, 6) is 8.56. The molecule has 0 aromatic carbocycles. The Hall–Kier alpha value is -0.330. The number of hydrazine groups is 1. The zero-order valence-corrected chi connectivity index (χ0v) is 12.9. The molecule has 3 rings (SSSR count). The van der Waals surface area contributed by atoms with Crippen LogP contribution in [0, 0.1) is 5.92 Å². The number of pyridine rings is 1. The number of nitrogens with two attached hydrogens (primary N) is 1. The van der Waals surface area contributed by atoms with Crippen LogP contribution in [-0.4, -0.2) is 28.7 Å². The van der Waals surface area contributed by atoms with Gasteiger partial charge in [0.05, 0.1) is 22.4 Å². The van der Waals surface area contributed by atoms with Gasteiger partial charge >= 0.3 is 0 Å². The van der Waals surface area contributed by atoms with Gasteiger partial charge in [0.1, 0.15) is 0 Å². The average molecular weight is 314 g/mol. The largest absolute Gasteiger partial charge is 0.374 e. The van der Waals surface area contributed by atoms with Crippen LogP contribution < -0.4 is 11.3 Å². The van der Waals surface area contributed by atoms with Crippen molar-refractivity contribution in [1.29, 1.82) is 0 Å². The molecule has 0 aliphatic carbocycles. The first kappa shape index (κ1) is 14.6. The molecule has 110 valence electrons. The minimum absolute atomic E-state index is 0.0646. The van der Waals surface area contributed by atoms with Crippen LogP contribution in [-0.2, 0) is 4.74 Å². The Morgan fingerprint density at radius 3 is 3.10 bits per heavy atom. The van der Waals surface area contributed by atoms with Crippen LogP contribution in [0.1, 0.15) is 31.0 Å². The van der Waals surface area contributed by atoms with Gasteiger partial charge in [-0.25, -0.2) is 0 Å². The molecule has 1 aromatic heterocycles. The highest BCUT2D eigenvalue weighted by Gasteiger charge is 2.42. The summed E-state index contributed by atoms with van der Waals surface area (Å²) >= 11 is 7.90. The summed E-state index contributed by atoms with van der Waals surface area (Å²) in [4.78, 5) is 4.42. The molecule has 1 aromatic rings. The standard InChI is InChI=1S/C14H20ClN3OS/c15-11-1-2-12(17-8-11)13(18-16)10-3-5-19-14(7-10)4-6-20-9-14/h1-2,8,10,13,18H,3-7,9,16H2. The van der Waals surface area contributed by atoms with Crippen LogP contribution in [0.15, 0.2) is 18.3 Å². The molecule has 0 saturated carbocycles. The first-order valence-corrected chi connectivity index (χ1v) is 8.55. The molecule has 20 heavy (non-hydrogen) atoms. The monoisotopic (exact) mass is 313 g/mol. The molecule has 6 heteroatoms. The Bertz CT molecular complexity index is 450. The summed E-state index contributed by atoms with van der Waals surface area (Å²) in [7, 11) is 0. The molecule has 3 atom stereocenters. The van der Waals surface area contributed by atoms with Gasteiger partial charge in [-0.05, 0) is 43.1 Å². The van der Waals surface area contributed by atoms with Crippen molar-refractivity contribution in [2.45, 2.75) is 30.9 Å². The molecule has 3 heterocycles. The molecule has 2 fully saturated rings. The molecule has 0 amide bonds. The molecule has 4 nitrogen and oxygen atoms in total. The second-order valence-electron chi connectivity index (χ2n) is 5.63. The highest BCUT2D eigenvalue weighted by Crippen LogP contribution is 2.43. The van der Waals surface area contributed by atoms with Crippen LogP contribution in [0.5, 0.6) is 0 Å². The molecule has 2 saturated heterocycles. The van der Waals surface area contributed by atoms with Crippen LogP contribution in [0.4, 0.5) is 0 Å². The molecule has 3 unspecified atom stereocenters. The van der Waals surface area contributed by atoms with E-state index < -0.39 is 0 Å². The van der Waals surface area contributed by atoms with Gasteiger partial charge in [0, 0.05) is 18.6 Å². The Kier molecular flexibility index (Phi) is 4.52. The van der Waals surface area contributed by atoms with Gasteiger partial charge in [0.15, 0.2) is 0 Å². The van der Waals surface area contributed by atoms with Gasteiger partial charge < -0.3 is 4.74 Å². The van der Waals surface area contributed by atoms with Crippen molar-refractivity contribution in [3.8, 4) is 0 Å². The zero-order chi connectivity index (χ0) is 14.0. The molecule has 1 spiro atoms. The van der Waals surface area contributed by atoms with Crippen molar-refractivity contribution >= 4 is 23.4 Å². The Balaban J connectivity index is 1.76. The second kappa shape index (κ2) is 6.20. The van der Waals surface area contributed by atoms with E-state index in [1.807, 2.05) is 23.9 Å². The SMILES string of the molecule is NNC(c1ccc(Cl)cn1)C1CCOC2(CCSC2)C1. The molecule has 2 aliphatic heterocycles. The van der Waals surface area contributed by atoms with Crippen molar-refractivity contribution in [3.05, 3.63) is 29.0 Å². The lowest BCUT2D eigenvalue weighted by atomic mass is 9.80. The summed E-state index contributed by atoms with van der Waals surface area (Å²) < 4.78 is 6.08. The van der Waals surface area contributed by atoms with Crippen LogP contribution in [0.3, 0.4) is 0 Å². The summed E-state index contributed by atoms with van der Waals surface area (Å²) in [6, 6.07) is 3.89. The van der Waals surface area contributed by atoms with Gasteiger partial charge in [0.2, 0.25) is 0 Å². The fourth-order valence-electron chi connectivity index (χ4n) is 3.25. The van der Waals surface area contributed by atoms with E-state index in [0.717, 1.165) is 37.3 Å². The lowest BCUT2D eigenvalue weighted by Gasteiger charge is -2.40. The molecule has 2 aliphatic rings. The maximum atomic E-state index is 6.08. The molecule has 0 radical (unpaired) electrons. The van der Waals surface area contributed by atoms with Gasteiger partial charge in [-0.1, -0.05) is 11.6 Å². The summed E-state index contributed by atoms with van der Waals surface area (Å²) in [6.45, 7) is 0.816. The van der Waals surface area contributed by atoms with Crippen molar-refractivity contribution < 1.29 is 4.74 Å². The minimum Gasteiger partial charge on any atom is -0.374 e. The molecule has 0 bridgehead atoms. The van der Waals surface area contributed by atoms with E-state index in [1.54, 1.807) is 6.20 Å². The third-order valence-electron chi connectivity index (χ3n) is 4.32. The lowest BCUT2D eigenvalue weighted by Crippen LogP contribution is -2.45. The van der Waals surface area contributed by atoms with Gasteiger partial charge in [-0.3, -0.25) is 16.3 Å². The fraction of sp³-hybridized carbons (Fsp3) is 0.643. The Morgan fingerprint density at radius 2 is 2.45 bits per heavy atom. The van der Waals surface area contributed by atoms with E-state index in [1.165, 1.54) is 5.75 Å². The van der Waals surface area contributed by atoms with Crippen LogP contribution in [0.25, 0.3) is 0 Å². The topological polar surface area (TPSA) is 60.2 Å². The smallest absolute Gasteiger partial charge is 0.0783 e. The number of nitrogens with zero attached hydrogens (tertiary/aromatic N) is 1. The number of hydrogen-bond acceptors (Lipinski definition) is 5. The lowest BCUT2D eigenvalue weighted by molar-refractivity contribution is -0.0856. The fourth-order valence-corrected chi connectivity index (χ4v) is 4.74. The number of halogens is 1. The Labute approximate surface area is 128 Å². The predicted octanol–water partition coefficient (Wildman–Crippen LogP) is 2.54. The highest BCUT2D eigenvalue weighted by molar-refractivity contribution is 7.99. The maximum Gasteiger partial charge on any atom is 0.0783 e. The minimum atomic E-state index is 0.0646. The molecule has 3 N–H and O–H groups in total. The normalized spacial score (nSPS) is 31.6. The third-order valence-corrected chi connectivity index (χ3v) is 5.76. The third kappa shape index (κ3) is 2.97. The molecular formula is C14H20ClN3OS. The number of rotatable bonds is 3. The first-order valence-electron chi connectivity index (χ1n) is 7.02. The van der Waals surface area contributed by atoms with Gasteiger partial charge in [-0.2, -0.15) is 11.8 Å². The van der Waals surface area contributed by atoms with E-state index in [0.29, 0.717) is 10.9 Å². The maximum absolute atomic E-state index is 6.08. The van der Waals surface area contributed by atoms with Crippen LogP contribution >= 0.6 is 23.4 Å².